The summed E-state index contributed by atoms with van der Waals surface area (Å²) in [7, 11) is -3.67. The predicted octanol–water partition coefficient (Wildman–Crippen LogP) is 3.37. The molecule has 0 bridgehead atoms. The Hall–Kier alpha value is -0.330. The van der Waals surface area contributed by atoms with E-state index in [2.05, 4.69) is 6.92 Å². The zero-order valence-corrected chi connectivity index (χ0v) is 13.1. The van der Waals surface area contributed by atoms with Crippen LogP contribution in [0.5, 0.6) is 0 Å². The van der Waals surface area contributed by atoms with Crippen LogP contribution in [0.4, 0.5) is 0 Å². The van der Waals surface area contributed by atoms with Crippen LogP contribution in [-0.2, 0) is 10.1 Å². The van der Waals surface area contributed by atoms with E-state index in [1.807, 2.05) is 6.07 Å². The summed E-state index contributed by atoms with van der Waals surface area (Å²) < 4.78 is 25.9. The Bertz CT molecular complexity index is 481. The van der Waals surface area contributed by atoms with Crippen molar-refractivity contribution in [2.24, 2.45) is 0 Å². The highest BCUT2D eigenvalue weighted by atomic mass is 35.5. The maximum atomic E-state index is 9.21. The Morgan fingerprint density at radius 2 is 1.84 bits per heavy atom. The van der Waals surface area contributed by atoms with E-state index in [-0.39, 0.29) is 12.5 Å². The molecule has 1 aromatic rings. The average molecular weight is 329 g/mol. The van der Waals surface area contributed by atoms with Gasteiger partial charge >= 0.3 is 0 Å². The second-order valence-electron chi connectivity index (χ2n) is 4.07. The number of hydrogen-bond donors (Lipinski definition) is 2. The Labute approximate surface area is 124 Å². The summed E-state index contributed by atoms with van der Waals surface area (Å²) >= 11 is 11.8. The molecule has 0 aliphatic carbocycles. The lowest BCUT2D eigenvalue weighted by atomic mass is 9.95. The summed E-state index contributed by atoms with van der Waals surface area (Å²) in [6, 6.07) is 5.42. The normalized spacial score (nSPS) is 12.5. The molecule has 0 heterocycles. The van der Waals surface area contributed by atoms with Crippen LogP contribution in [0.15, 0.2) is 18.2 Å². The molecule has 0 aromatic heterocycles. The molecule has 0 aliphatic heterocycles. The van der Waals surface area contributed by atoms with Crippen LogP contribution >= 0.6 is 23.2 Å². The first-order valence-corrected chi connectivity index (χ1v) is 8.27. The molecule has 110 valence electrons. The number of halogens is 2. The molecule has 0 radical (unpaired) electrons. The van der Waals surface area contributed by atoms with Gasteiger partial charge in [-0.3, -0.25) is 4.55 Å². The van der Waals surface area contributed by atoms with Gasteiger partial charge in [-0.1, -0.05) is 42.6 Å². The van der Waals surface area contributed by atoms with E-state index in [1.165, 1.54) is 0 Å². The summed E-state index contributed by atoms with van der Waals surface area (Å²) in [6.07, 6.45) is 2.69. The highest BCUT2D eigenvalue weighted by Crippen LogP contribution is 2.29. The number of benzene rings is 1. The van der Waals surface area contributed by atoms with Crippen molar-refractivity contribution in [2.45, 2.75) is 25.7 Å². The molecule has 19 heavy (non-hydrogen) atoms. The maximum absolute atomic E-state index is 9.21. The third kappa shape index (κ3) is 9.24. The molecule has 0 aliphatic rings. The van der Waals surface area contributed by atoms with E-state index >= 15 is 0 Å². The third-order valence-corrected chi connectivity index (χ3v) is 2.82. The summed E-state index contributed by atoms with van der Waals surface area (Å²) in [5, 5.41) is 10.5. The van der Waals surface area contributed by atoms with Crippen LogP contribution < -0.4 is 0 Å². The van der Waals surface area contributed by atoms with Crippen LogP contribution in [0.25, 0.3) is 0 Å². The monoisotopic (exact) mass is 328 g/mol. The lowest BCUT2D eigenvalue weighted by molar-refractivity contribution is 0.258. The van der Waals surface area contributed by atoms with Crippen molar-refractivity contribution in [1.82, 2.24) is 0 Å². The maximum Gasteiger partial charge on any atom is 0.261 e. The zero-order valence-electron chi connectivity index (χ0n) is 10.8. The van der Waals surface area contributed by atoms with Crippen molar-refractivity contribution in [3.05, 3.63) is 33.8 Å². The van der Waals surface area contributed by atoms with Crippen molar-refractivity contribution in [1.29, 1.82) is 0 Å². The van der Waals surface area contributed by atoms with Crippen molar-refractivity contribution in [3.8, 4) is 0 Å². The van der Waals surface area contributed by atoms with Crippen LogP contribution in [0.3, 0.4) is 0 Å². The van der Waals surface area contributed by atoms with Crippen LogP contribution in [0.1, 0.15) is 31.2 Å². The molecule has 1 aromatic carbocycles. The van der Waals surface area contributed by atoms with Crippen molar-refractivity contribution in [3.63, 3.8) is 0 Å². The Balaban J connectivity index is 0.000000555. The quantitative estimate of drug-likeness (QED) is 0.831. The minimum atomic E-state index is -3.67. The summed E-state index contributed by atoms with van der Waals surface area (Å²) in [5.41, 5.74) is 0.986. The summed E-state index contributed by atoms with van der Waals surface area (Å²) in [4.78, 5) is 0. The molecule has 1 unspecified atom stereocenters. The lowest BCUT2D eigenvalue weighted by Gasteiger charge is -2.15. The van der Waals surface area contributed by atoms with Gasteiger partial charge in [-0.05, 0) is 24.1 Å². The summed E-state index contributed by atoms with van der Waals surface area (Å²) in [5.74, 6) is 0.129. The van der Waals surface area contributed by atoms with Crippen molar-refractivity contribution < 1.29 is 18.1 Å². The fraction of sp³-hybridized carbons (Fsp3) is 0.500. The molecular formula is C12H18Cl2O4S. The highest BCUT2D eigenvalue weighted by Gasteiger charge is 2.12. The fourth-order valence-corrected chi connectivity index (χ4v) is 2.09. The van der Waals surface area contributed by atoms with Gasteiger partial charge < -0.3 is 5.11 Å². The van der Waals surface area contributed by atoms with E-state index in [0.717, 1.165) is 18.4 Å². The molecule has 0 spiro atoms. The molecular weight excluding hydrogens is 311 g/mol. The number of aliphatic hydroxyl groups is 1. The van der Waals surface area contributed by atoms with E-state index in [0.29, 0.717) is 16.3 Å². The Kier molecular flexibility index (Phi) is 8.61. The van der Waals surface area contributed by atoms with Gasteiger partial charge in [0.25, 0.3) is 10.1 Å². The molecule has 0 saturated carbocycles. The van der Waals surface area contributed by atoms with Crippen molar-refractivity contribution in [2.75, 3.05) is 12.9 Å². The minimum absolute atomic E-state index is 0.129. The standard InChI is InChI=1S/C11H14Cl2O.CH4O3S/c1-2-3-8(7-14)10-5-4-9(12)6-11(10)13;1-5(2,3)4/h4-6,8,14H,2-3,7H2,1H3;1H3,(H,2,3,4). The topological polar surface area (TPSA) is 74.6 Å². The Morgan fingerprint density at radius 3 is 2.21 bits per heavy atom. The second-order valence-corrected chi connectivity index (χ2v) is 6.38. The molecule has 2 N–H and O–H groups in total. The van der Waals surface area contributed by atoms with Gasteiger partial charge in [-0.2, -0.15) is 8.42 Å². The molecule has 4 nitrogen and oxygen atoms in total. The minimum Gasteiger partial charge on any atom is -0.396 e. The lowest BCUT2D eigenvalue weighted by Crippen LogP contribution is -2.04. The van der Waals surface area contributed by atoms with Gasteiger partial charge in [0.05, 0.1) is 6.26 Å². The average Bonchev–Trinajstić information content (AvgIpc) is 2.24. The van der Waals surface area contributed by atoms with Gasteiger partial charge in [0.15, 0.2) is 0 Å². The van der Waals surface area contributed by atoms with Gasteiger partial charge in [-0.25, -0.2) is 0 Å². The van der Waals surface area contributed by atoms with Gasteiger partial charge in [0, 0.05) is 22.6 Å². The molecule has 1 rings (SSSR count). The van der Waals surface area contributed by atoms with Crippen molar-refractivity contribution >= 4 is 33.3 Å². The van der Waals surface area contributed by atoms with E-state index in [1.54, 1.807) is 12.1 Å². The SMILES string of the molecule is CCCC(CO)c1ccc(Cl)cc1Cl.CS(=O)(=O)O. The third-order valence-electron chi connectivity index (χ3n) is 2.26. The predicted molar refractivity (Wildman–Crippen MR) is 78.7 cm³/mol. The molecule has 0 fully saturated rings. The zero-order chi connectivity index (χ0) is 15.1. The number of hydrogen-bond acceptors (Lipinski definition) is 3. The first-order valence-electron chi connectivity index (χ1n) is 5.67. The second kappa shape index (κ2) is 8.76. The van der Waals surface area contributed by atoms with E-state index < -0.39 is 10.1 Å². The number of rotatable bonds is 4. The Morgan fingerprint density at radius 1 is 1.32 bits per heavy atom. The number of aliphatic hydroxyl groups excluding tert-OH is 1. The van der Waals surface area contributed by atoms with Crippen LogP contribution in [0.2, 0.25) is 10.0 Å². The summed E-state index contributed by atoms with van der Waals surface area (Å²) in [6.45, 7) is 2.22. The van der Waals surface area contributed by atoms with E-state index in [4.69, 9.17) is 27.8 Å². The van der Waals surface area contributed by atoms with Gasteiger partial charge in [-0.15, -0.1) is 0 Å². The largest absolute Gasteiger partial charge is 0.396 e. The van der Waals surface area contributed by atoms with E-state index in [9.17, 15) is 13.5 Å². The first kappa shape index (κ1) is 18.7. The molecule has 7 heteroatoms. The smallest absolute Gasteiger partial charge is 0.261 e. The molecule has 0 amide bonds. The molecule has 0 saturated heterocycles. The van der Waals surface area contributed by atoms with Crippen LogP contribution in [-0.4, -0.2) is 30.9 Å². The first-order chi connectivity index (χ1) is 8.69. The van der Waals surface area contributed by atoms with Crippen LogP contribution in [0, 0.1) is 0 Å². The van der Waals surface area contributed by atoms with Gasteiger partial charge in [0.1, 0.15) is 0 Å². The fourth-order valence-electron chi connectivity index (χ4n) is 1.53. The molecule has 1 atom stereocenters. The highest BCUT2D eigenvalue weighted by molar-refractivity contribution is 7.85. The van der Waals surface area contributed by atoms with Gasteiger partial charge in [0.2, 0.25) is 0 Å².